The molecule has 18 heavy (non-hydrogen) atoms. The van der Waals surface area contributed by atoms with Crippen molar-refractivity contribution in [2.75, 3.05) is 0 Å². The molecule has 0 atom stereocenters. The average Bonchev–Trinajstić information content (AvgIpc) is 2.78. The summed E-state index contributed by atoms with van der Waals surface area (Å²) in [6, 6.07) is 1.75. The molecule has 0 amide bonds. The Morgan fingerprint density at radius 3 is 2.61 bits per heavy atom. The Morgan fingerprint density at radius 2 is 2.11 bits per heavy atom. The lowest BCUT2D eigenvalue weighted by atomic mass is 10.1. The molecule has 0 radical (unpaired) electrons. The van der Waals surface area contributed by atoms with Crippen LogP contribution in [0.25, 0.3) is 9.69 Å². The van der Waals surface area contributed by atoms with Crippen LogP contribution < -0.4 is 5.56 Å². The van der Waals surface area contributed by atoms with Crippen molar-refractivity contribution >= 4 is 5.71 Å². The van der Waals surface area contributed by atoms with Gasteiger partial charge in [-0.15, -0.1) is 4.99 Å². The second-order valence-electron chi connectivity index (χ2n) is 4.06. The second kappa shape index (κ2) is 4.31. The van der Waals surface area contributed by atoms with Crippen LogP contribution in [0.2, 0.25) is 0 Å². The van der Waals surface area contributed by atoms with Gasteiger partial charge in [-0.05, 0) is 13.0 Å². The second-order valence-corrected chi connectivity index (χ2v) is 4.06. The molecule has 5 nitrogen and oxygen atoms in total. The van der Waals surface area contributed by atoms with Crippen molar-refractivity contribution in [2.45, 2.75) is 13.3 Å². The molecule has 0 aromatic carbocycles. The summed E-state index contributed by atoms with van der Waals surface area (Å²) in [6.45, 7) is 15.7. The van der Waals surface area contributed by atoms with E-state index in [1.54, 1.807) is 26.2 Å². The van der Waals surface area contributed by atoms with Crippen LogP contribution >= 0.6 is 0 Å². The minimum atomic E-state index is -0.0545. The van der Waals surface area contributed by atoms with E-state index < -0.39 is 0 Å². The number of hydrogen-bond donors (Lipinski definition) is 0. The predicted molar refractivity (Wildman–Crippen MR) is 67.8 cm³/mol. The smallest absolute Gasteiger partial charge is 0.270 e. The number of aromatic nitrogens is 1. The highest BCUT2D eigenvalue weighted by Gasteiger charge is 2.23. The fourth-order valence-corrected chi connectivity index (χ4v) is 1.85. The summed E-state index contributed by atoms with van der Waals surface area (Å²) in [7, 11) is 1.67. The van der Waals surface area contributed by atoms with Crippen molar-refractivity contribution in [1.82, 2.24) is 4.57 Å². The van der Waals surface area contributed by atoms with Crippen LogP contribution in [0.3, 0.4) is 0 Å². The molecule has 1 aliphatic rings. The molecular formula is C13H10N4O. The highest BCUT2D eigenvalue weighted by molar-refractivity contribution is 6.04. The van der Waals surface area contributed by atoms with E-state index in [2.05, 4.69) is 14.7 Å². The number of aryl methyl sites for hydroxylation is 2. The SMILES string of the molecule is [C-]#[N+]C1=C([N+]#[C-])N=C(c2cc(C)c(=O)n(C)c2)C1. The fourth-order valence-electron chi connectivity index (χ4n) is 1.85. The monoisotopic (exact) mass is 238 g/mol. The first-order valence-corrected chi connectivity index (χ1v) is 5.30. The highest BCUT2D eigenvalue weighted by atomic mass is 16.1. The van der Waals surface area contributed by atoms with Gasteiger partial charge in [-0.3, -0.25) is 9.64 Å². The summed E-state index contributed by atoms with van der Waals surface area (Å²) >= 11 is 0. The molecule has 0 aliphatic carbocycles. The lowest BCUT2D eigenvalue weighted by Gasteiger charge is -2.03. The number of hydrogen-bond acceptors (Lipinski definition) is 2. The number of nitrogens with zero attached hydrogens (tertiary/aromatic N) is 4. The van der Waals surface area contributed by atoms with Crippen LogP contribution in [0.4, 0.5) is 0 Å². The van der Waals surface area contributed by atoms with Gasteiger partial charge >= 0.3 is 0 Å². The van der Waals surface area contributed by atoms with E-state index in [0.717, 1.165) is 5.56 Å². The van der Waals surface area contributed by atoms with E-state index in [4.69, 9.17) is 13.1 Å². The molecule has 0 N–H and O–H groups in total. The molecular weight excluding hydrogens is 228 g/mol. The summed E-state index contributed by atoms with van der Waals surface area (Å²) in [5.41, 5.74) is 2.39. The van der Waals surface area contributed by atoms with Gasteiger partial charge in [-0.1, -0.05) is 6.57 Å². The third kappa shape index (κ3) is 1.83. The van der Waals surface area contributed by atoms with E-state index in [9.17, 15) is 4.79 Å². The van der Waals surface area contributed by atoms with Gasteiger partial charge in [0.05, 0.1) is 6.57 Å². The van der Waals surface area contributed by atoms with Gasteiger partial charge < -0.3 is 9.41 Å². The Bertz CT molecular complexity index is 697. The number of aliphatic imine (C=N–C) groups is 1. The van der Waals surface area contributed by atoms with Crippen LogP contribution in [0.15, 0.2) is 33.6 Å². The van der Waals surface area contributed by atoms with Gasteiger partial charge in [-0.2, -0.15) is 0 Å². The van der Waals surface area contributed by atoms with Crippen molar-refractivity contribution in [2.24, 2.45) is 12.0 Å². The molecule has 0 saturated heterocycles. The Morgan fingerprint density at radius 1 is 1.39 bits per heavy atom. The summed E-state index contributed by atoms with van der Waals surface area (Å²) in [4.78, 5) is 22.3. The van der Waals surface area contributed by atoms with Crippen molar-refractivity contribution < 1.29 is 0 Å². The first kappa shape index (κ1) is 11.8. The number of rotatable bonds is 1. The molecule has 88 valence electrons. The molecule has 0 spiro atoms. The predicted octanol–water partition coefficient (Wildman–Crippen LogP) is 1.89. The van der Waals surface area contributed by atoms with Gasteiger partial charge in [0.1, 0.15) is 5.71 Å². The zero-order valence-corrected chi connectivity index (χ0v) is 10.1. The van der Waals surface area contributed by atoms with E-state index in [0.29, 0.717) is 23.4 Å². The van der Waals surface area contributed by atoms with Crippen molar-refractivity contribution in [3.05, 3.63) is 68.1 Å². The number of allylic oxidation sites excluding steroid dienone is 1. The molecule has 2 rings (SSSR count). The van der Waals surface area contributed by atoms with Gasteiger partial charge in [0, 0.05) is 30.8 Å². The minimum absolute atomic E-state index is 0.0545. The zero-order valence-electron chi connectivity index (χ0n) is 10.1. The molecule has 0 unspecified atom stereocenters. The van der Waals surface area contributed by atoms with Crippen LogP contribution in [0, 0.1) is 20.1 Å². The van der Waals surface area contributed by atoms with Crippen molar-refractivity contribution in [3.63, 3.8) is 0 Å². The third-order valence-corrected chi connectivity index (χ3v) is 2.77. The topological polar surface area (TPSA) is 43.1 Å². The third-order valence-electron chi connectivity index (χ3n) is 2.77. The Labute approximate surface area is 104 Å². The fraction of sp³-hybridized carbons (Fsp3) is 0.231. The van der Waals surface area contributed by atoms with Crippen LogP contribution in [-0.4, -0.2) is 10.3 Å². The molecule has 1 aromatic heterocycles. The largest absolute Gasteiger partial charge is 0.372 e. The lowest BCUT2D eigenvalue weighted by molar-refractivity contribution is 0.846. The molecule has 5 heteroatoms. The molecule has 0 saturated carbocycles. The van der Waals surface area contributed by atoms with Crippen LogP contribution in [0.1, 0.15) is 17.5 Å². The quantitative estimate of drug-likeness (QED) is 0.689. The Hall–Kier alpha value is -2.66. The van der Waals surface area contributed by atoms with E-state index in [1.807, 2.05) is 0 Å². The standard InChI is InChI=1S/C13H10N4O/c1-8-5-9(7-17(4)13(8)18)10-6-11(14-2)12(15-3)16-10/h5,7H,6H2,1,4H3. The Kier molecular flexibility index (Phi) is 2.83. The zero-order chi connectivity index (χ0) is 13.3. The minimum Gasteiger partial charge on any atom is -0.372 e. The van der Waals surface area contributed by atoms with Gasteiger partial charge in [0.15, 0.2) is 5.70 Å². The maximum Gasteiger partial charge on any atom is 0.270 e. The molecule has 1 aliphatic heterocycles. The summed E-state index contributed by atoms with van der Waals surface area (Å²) in [5.74, 6) is 0.159. The first-order valence-electron chi connectivity index (χ1n) is 5.30. The average molecular weight is 238 g/mol. The van der Waals surface area contributed by atoms with Crippen LogP contribution in [0.5, 0.6) is 0 Å². The van der Waals surface area contributed by atoms with Gasteiger partial charge in [-0.25, -0.2) is 0 Å². The normalized spacial score (nSPS) is 14.1. The van der Waals surface area contributed by atoms with Crippen molar-refractivity contribution in [1.29, 1.82) is 0 Å². The van der Waals surface area contributed by atoms with Gasteiger partial charge in [0.25, 0.3) is 11.4 Å². The van der Waals surface area contributed by atoms with Gasteiger partial charge in [0.2, 0.25) is 0 Å². The van der Waals surface area contributed by atoms with E-state index >= 15 is 0 Å². The molecule has 0 bridgehead atoms. The molecule has 1 aromatic rings. The van der Waals surface area contributed by atoms with Crippen molar-refractivity contribution in [3.8, 4) is 0 Å². The summed E-state index contributed by atoms with van der Waals surface area (Å²) in [5, 5.41) is 0. The first-order chi connectivity index (χ1) is 8.56. The lowest BCUT2D eigenvalue weighted by Crippen LogP contribution is -2.20. The number of pyridine rings is 1. The maximum atomic E-state index is 11.6. The Balaban J connectivity index is 2.48. The highest BCUT2D eigenvalue weighted by Crippen LogP contribution is 2.25. The van der Waals surface area contributed by atoms with Crippen LogP contribution in [-0.2, 0) is 7.05 Å². The maximum absolute atomic E-state index is 11.6. The van der Waals surface area contributed by atoms with E-state index in [1.165, 1.54) is 4.57 Å². The molecule has 0 fully saturated rings. The van der Waals surface area contributed by atoms with E-state index in [-0.39, 0.29) is 11.4 Å². The summed E-state index contributed by atoms with van der Waals surface area (Å²) in [6.07, 6.45) is 2.04. The summed E-state index contributed by atoms with van der Waals surface area (Å²) < 4.78 is 1.49. The molecule has 2 heterocycles.